The van der Waals surface area contributed by atoms with Gasteiger partial charge in [0.2, 0.25) is 0 Å². The fourth-order valence-electron chi connectivity index (χ4n) is 3.23. The van der Waals surface area contributed by atoms with Gasteiger partial charge in [-0.05, 0) is 48.5 Å². The molecule has 0 aliphatic carbocycles. The van der Waals surface area contributed by atoms with Crippen molar-refractivity contribution < 1.29 is 4.42 Å². The van der Waals surface area contributed by atoms with Crippen LogP contribution in [0.2, 0.25) is 0 Å². The lowest BCUT2D eigenvalue weighted by atomic mass is 10.1. The zero-order valence-corrected chi connectivity index (χ0v) is 14.0. The molecule has 2 aromatic heterocycles. The molecule has 0 amide bonds. The lowest BCUT2D eigenvalue weighted by Crippen LogP contribution is -1.90. The Labute approximate surface area is 150 Å². The standard InChI is InChI=1S/C23H16N2O/c1-2-7-22-19(5-1)20-15-18(12-13-23(20)26-22)25-17-10-8-16(9-11-17)21-6-3-4-14-24-21/h1-15,25H. The number of furan rings is 1. The SMILES string of the molecule is c1ccc(-c2ccc(Nc3ccc4oc5ccccc5c4c3)cc2)nc1. The molecule has 124 valence electrons. The van der Waals surface area contributed by atoms with Gasteiger partial charge in [0.05, 0.1) is 5.69 Å². The minimum absolute atomic E-state index is 0.905. The van der Waals surface area contributed by atoms with Crippen LogP contribution in [0.15, 0.2) is 95.5 Å². The van der Waals surface area contributed by atoms with E-state index < -0.39 is 0 Å². The van der Waals surface area contributed by atoms with E-state index in [0.29, 0.717) is 0 Å². The fourth-order valence-corrected chi connectivity index (χ4v) is 3.23. The number of aromatic nitrogens is 1. The molecule has 0 saturated carbocycles. The molecule has 0 aliphatic heterocycles. The van der Waals surface area contributed by atoms with Gasteiger partial charge in [0.25, 0.3) is 0 Å². The number of fused-ring (bicyclic) bond motifs is 3. The van der Waals surface area contributed by atoms with Crippen LogP contribution in [0, 0.1) is 0 Å². The molecule has 2 heterocycles. The van der Waals surface area contributed by atoms with Crippen molar-refractivity contribution in [2.75, 3.05) is 5.32 Å². The third-order valence-corrected chi connectivity index (χ3v) is 4.51. The molecule has 0 saturated heterocycles. The van der Waals surface area contributed by atoms with Gasteiger partial charge >= 0.3 is 0 Å². The molecule has 0 bridgehead atoms. The number of nitrogens with one attached hydrogen (secondary N) is 1. The minimum atomic E-state index is 0.905. The smallest absolute Gasteiger partial charge is 0.135 e. The van der Waals surface area contributed by atoms with Gasteiger partial charge in [0.1, 0.15) is 11.2 Å². The van der Waals surface area contributed by atoms with E-state index in [1.807, 2.05) is 54.7 Å². The van der Waals surface area contributed by atoms with Gasteiger partial charge < -0.3 is 9.73 Å². The van der Waals surface area contributed by atoms with E-state index in [9.17, 15) is 0 Å². The number of rotatable bonds is 3. The maximum Gasteiger partial charge on any atom is 0.135 e. The summed E-state index contributed by atoms with van der Waals surface area (Å²) in [5, 5.41) is 5.72. The molecule has 1 N–H and O–H groups in total. The van der Waals surface area contributed by atoms with Crippen LogP contribution in [-0.4, -0.2) is 4.98 Å². The van der Waals surface area contributed by atoms with Crippen molar-refractivity contribution >= 4 is 33.3 Å². The van der Waals surface area contributed by atoms with Crippen LogP contribution in [0.25, 0.3) is 33.2 Å². The van der Waals surface area contributed by atoms with Crippen LogP contribution in [0.1, 0.15) is 0 Å². The van der Waals surface area contributed by atoms with Crippen LogP contribution >= 0.6 is 0 Å². The number of hydrogen-bond acceptors (Lipinski definition) is 3. The summed E-state index contributed by atoms with van der Waals surface area (Å²) < 4.78 is 5.89. The van der Waals surface area contributed by atoms with Crippen LogP contribution in [0.5, 0.6) is 0 Å². The van der Waals surface area contributed by atoms with Crippen molar-refractivity contribution in [2.45, 2.75) is 0 Å². The van der Waals surface area contributed by atoms with E-state index in [-0.39, 0.29) is 0 Å². The third kappa shape index (κ3) is 2.60. The van der Waals surface area contributed by atoms with E-state index in [1.54, 1.807) is 0 Å². The predicted octanol–water partition coefficient (Wildman–Crippen LogP) is 6.39. The van der Waals surface area contributed by atoms with Crippen molar-refractivity contribution in [3.05, 3.63) is 91.1 Å². The maximum atomic E-state index is 5.89. The van der Waals surface area contributed by atoms with Crippen LogP contribution in [-0.2, 0) is 0 Å². The number of anilines is 2. The first-order valence-corrected chi connectivity index (χ1v) is 8.57. The molecule has 5 rings (SSSR count). The van der Waals surface area contributed by atoms with Crippen molar-refractivity contribution in [3.63, 3.8) is 0 Å². The highest BCUT2D eigenvalue weighted by Crippen LogP contribution is 2.31. The Kier molecular flexibility index (Phi) is 3.42. The molecular formula is C23H16N2O. The summed E-state index contributed by atoms with van der Waals surface area (Å²) in [6, 6.07) is 28.5. The first-order chi connectivity index (χ1) is 12.9. The average molecular weight is 336 g/mol. The number of pyridine rings is 1. The third-order valence-electron chi connectivity index (χ3n) is 4.51. The molecule has 3 aromatic carbocycles. The molecule has 0 spiro atoms. The molecule has 0 unspecified atom stereocenters. The van der Waals surface area contributed by atoms with Gasteiger partial charge in [-0.1, -0.05) is 36.4 Å². The average Bonchev–Trinajstić information content (AvgIpc) is 3.07. The molecule has 26 heavy (non-hydrogen) atoms. The molecule has 0 atom stereocenters. The highest BCUT2D eigenvalue weighted by atomic mass is 16.3. The zero-order chi connectivity index (χ0) is 17.3. The molecule has 3 nitrogen and oxygen atoms in total. The Bertz CT molecular complexity index is 1190. The Hall–Kier alpha value is -3.59. The van der Waals surface area contributed by atoms with E-state index in [1.165, 1.54) is 0 Å². The summed E-state index contributed by atoms with van der Waals surface area (Å²) in [5.74, 6) is 0. The molecule has 0 fully saturated rings. The second-order valence-electron chi connectivity index (χ2n) is 6.23. The normalized spacial score (nSPS) is 11.1. The highest BCUT2D eigenvalue weighted by molar-refractivity contribution is 6.06. The summed E-state index contributed by atoms with van der Waals surface area (Å²) in [7, 11) is 0. The second kappa shape index (κ2) is 6.05. The monoisotopic (exact) mass is 336 g/mol. The van der Waals surface area contributed by atoms with Gasteiger partial charge in [0.15, 0.2) is 0 Å². The summed E-state index contributed by atoms with van der Waals surface area (Å²) >= 11 is 0. The van der Waals surface area contributed by atoms with E-state index in [4.69, 9.17) is 4.42 Å². The fraction of sp³-hybridized carbons (Fsp3) is 0. The van der Waals surface area contributed by atoms with Crippen LogP contribution < -0.4 is 5.32 Å². The Morgan fingerprint density at radius 1 is 0.654 bits per heavy atom. The molecule has 0 radical (unpaired) electrons. The lowest BCUT2D eigenvalue weighted by molar-refractivity contribution is 0.669. The van der Waals surface area contributed by atoms with Crippen LogP contribution in [0.4, 0.5) is 11.4 Å². The van der Waals surface area contributed by atoms with Gasteiger partial charge in [-0.3, -0.25) is 4.98 Å². The highest BCUT2D eigenvalue weighted by Gasteiger charge is 2.07. The van der Waals surface area contributed by atoms with Crippen molar-refractivity contribution in [1.82, 2.24) is 4.98 Å². The summed E-state index contributed by atoms with van der Waals surface area (Å²) in [6.45, 7) is 0. The zero-order valence-electron chi connectivity index (χ0n) is 14.0. The van der Waals surface area contributed by atoms with Crippen LogP contribution in [0.3, 0.4) is 0 Å². The van der Waals surface area contributed by atoms with Crippen molar-refractivity contribution in [3.8, 4) is 11.3 Å². The summed E-state index contributed by atoms with van der Waals surface area (Å²) in [6.07, 6.45) is 1.81. The minimum Gasteiger partial charge on any atom is -0.456 e. The topological polar surface area (TPSA) is 38.1 Å². The maximum absolute atomic E-state index is 5.89. The van der Waals surface area contributed by atoms with E-state index in [0.717, 1.165) is 44.6 Å². The Morgan fingerprint density at radius 3 is 2.27 bits per heavy atom. The second-order valence-corrected chi connectivity index (χ2v) is 6.23. The van der Waals surface area contributed by atoms with Gasteiger partial charge in [0, 0.05) is 33.9 Å². The number of nitrogens with zero attached hydrogens (tertiary/aromatic N) is 1. The molecule has 0 aliphatic rings. The quantitative estimate of drug-likeness (QED) is 0.415. The van der Waals surface area contributed by atoms with Gasteiger partial charge in [-0.15, -0.1) is 0 Å². The van der Waals surface area contributed by atoms with E-state index >= 15 is 0 Å². The molecule has 3 heteroatoms. The number of hydrogen-bond donors (Lipinski definition) is 1. The Morgan fingerprint density at radius 2 is 1.42 bits per heavy atom. The molecule has 5 aromatic rings. The number of benzene rings is 3. The first kappa shape index (κ1) is 14.7. The van der Waals surface area contributed by atoms with Gasteiger partial charge in [-0.25, -0.2) is 0 Å². The largest absolute Gasteiger partial charge is 0.456 e. The van der Waals surface area contributed by atoms with Crippen molar-refractivity contribution in [2.24, 2.45) is 0 Å². The van der Waals surface area contributed by atoms with Gasteiger partial charge in [-0.2, -0.15) is 0 Å². The molecular weight excluding hydrogens is 320 g/mol. The lowest BCUT2D eigenvalue weighted by Gasteiger charge is -2.08. The van der Waals surface area contributed by atoms with E-state index in [2.05, 4.69) is 46.7 Å². The predicted molar refractivity (Wildman–Crippen MR) is 107 cm³/mol. The summed E-state index contributed by atoms with van der Waals surface area (Å²) in [4.78, 5) is 4.39. The number of para-hydroxylation sites is 1. The van der Waals surface area contributed by atoms with Crippen molar-refractivity contribution in [1.29, 1.82) is 0 Å². The summed E-state index contributed by atoms with van der Waals surface area (Å²) in [5.41, 5.74) is 5.98. The Balaban J connectivity index is 1.46. The first-order valence-electron chi connectivity index (χ1n) is 8.57.